The molecule has 5 heteroatoms. The van der Waals surface area contributed by atoms with E-state index in [0.29, 0.717) is 31.8 Å². The lowest BCUT2D eigenvalue weighted by Gasteiger charge is -2.30. The molecule has 0 aromatic carbocycles. The summed E-state index contributed by atoms with van der Waals surface area (Å²) in [6.45, 7) is 9.24. The summed E-state index contributed by atoms with van der Waals surface area (Å²) in [5, 5.41) is 0. The third-order valence-corrected chi connectivity index (χ3v) is 4.97. The Morgan fingerprint density at radius 1 is 1.36 bits per heavy atom. The molecule has 22 heavy (non-hydrogen) atoms. The first-order chi connectivity index (χ1) is 10.3. The molecule has 0 aliphatic carbocycles. The lowest BCUT2D eigenvalue weighted by molar-refractivity contribution is -0.157. The van der Waals surface area contributed by atoms with Crippen LogP contribution < -0.4 is 0 Å². The SMILES string of the molecule is CCOC(=O)[C@]1(C(C)C)CCN(C(=O)c2ccc(C)n2C)C1. The van der Waals surface area contributed by atoms with E-state index >= 15 is 0 Å². The Balaban J connectivity index is 2.21. The molecule has 0 N–H and O–H groups in total. The first-order valence-electron chi connectivity index (χ1n) is 7.92. The van der Waals surface area contributed by atoms with Gasteiger partial charge in [-0.05, 0) is 38.3 Å². The Morgan fingerprint density at radius 3 is 2.55 bits per heavy atom. The standard InChI is InChI=1S/C17H26N2O3/c1-6-22-16(21)17(12(2)3)9-10-19(11-17)15(20)14-8-7-13(4)18(14)5/h7-8,12H,6,9-11H2,1-5H3/t17-/m1/s1. The van der Waals surface area contributed by atoms with E-state index < -0.39 is 5.41 Å². The summed E-state index contributed by atoms with van der Waals surface area (Å²) in [4.78, 5) is 26.9. The molecular formula is C17H26N2O3. The summed E-state index contributed by atoms with van der Waals surface area (Å²) in [5.74, 6) is -0.0507. The van der Waals surface area contributed by atoms with Crippen LogP contribution in [0.1, 0.15) is 43.4 Å². The Morgan fingerprint density at radius 2 is 2.05 bits per heavy atom. The van der Waals surface area contributed by atoms with E-state index in [-0.39, 0.29) is 17.8 Å². The van der Waals surface area contributed by atoms with Crippen LogP contribution in [0, 0.1) is 18.3 Å². The van der Waals surface area contributed by atoms with Crippen molar-refractivity contribution in [1.82, 2.24) is 9.47 Å². The molecule has 0 saturated carbocycles. The molecule has 1 atom stereocenters. The highest BCUT2D eigenvalue weighted by molar-refractivity contribution is 5.94. The average molecular weight is 306 g/mol. The number of aromatic nitrogens is 1. The van der Waals surface area contributed by atoms with E-state index in [0.717, 1.165) is 5.69 Å². The number of rotatable bonds is 4. The van der Waals surface area contributed by atoms with Gasteiger partial charge < -0.3 is 14.2 Å². The van der Waals surface area contributed by atoms with Gasteiger partial charge in [0, 0.05) is 25.8 Å². The predicted molar refractivity (Wildman–Crippen MR) is 84.6 cm³/mol. The van der Waals surface area contributed by atoms with Gasteiger partial charge in [-0.25, -0.2) is 0 Å². The summed E-state index contributed by atoms with van der Waals surface area (Å²) in [6, 6.07) is 3.78. The molecular weight excluding hydrogens is 280 g/mol. The minimum absolute atomic E-state index is 0.0116. The van der Waals surface area contributed by atoms with Crippen molar-refractivity contribution >= 4 is 11.9 Å². The summed E-state index contributed by atoms with van der Waals surface area (Å²) in [5.41, 5.74) is 1.13. The fraction of sp³-hybridized carbons (Fsp3) is 0.647. The molecule has 1 aromatic heterocycles. The minimum atomic E-state index is -0.578. The number of hydrogen-bond donors (Lipinski definition) is 0. The Labute approximate surface area is 132 Å². The maximum Gasteiger partial charge on any atom is 0.314 e. The van der Waals surface area contributed by atoms with Crippen molar-refractivity contribution in [2.24, 2.45) is 18.4 Å². The van der Waals surface area contributed by atoms with Crippen molar-refractivity contribution in [1.29, 1.82) is 0 Å². The minimum Gasteiger partial charge on any atom is -0.466 e. The van der Waals surface area contributed by atoms with Crippen LogP contribution in [0.15, 0.2) is 12.1 Å². The molecule has 0 unspecified atom stereocenters. The molecule has 1 saturated heterocycles. The van der Waals surface area contributed by atoms with Crippen molar-refractivity contribution in [3.8, 4) is 0 Å². The summed E-state index contributed by atoms with van der Waals surface area (Å²) in [6.07, 6.45) is 0.665. The first kappa shape index (κ1) is 16.6. The molecule has 1 aliphatic heterocycles. The second-order valence-electron chi connectivity index (χ2n) is 6.43. The maximum absolute atomic E-state index is 12.7. The lowest BCUT2D eigenvalue weighted by Crippen LogP contribution is -2.42. The van der Waals surface area contributed by atoms with Gasteiger partial charge in [0.15, 0.2) is 0 Å². The highest BCUT2D eigenvalue weighted by atomic mass is 16.5. The van der Waals surface area contributed by atoms with E-state index in [1.807, 2.05) is 51.4 Å². The molecule has 1 fully saturated rings. The molecule has 2 heterocycles. The third-order valence-electron chi connectivity index (χ3n) is 4.97. The van der Waals surface area contributed by atoms with Gasteiger partial charge in [0.1, 0.15) is 5.69 Å². The molecule has 5 nitrogen and oxygen atoms in total. The molecule has 1 aromatic rings. The maximum atomic E-state index is 12.7. The van der Waals surface area contributed by atoms with Crippen LogP contribution in [0.5, 0.6) is 0 Å². The summed E-state index contributed by atoms with van der Waals surface area (Å²) >= 11 is 0. The average Bonchev–Trinajstić information content (AvgIpc) is 3.05. The van der Waals surface area contributed by atoms with E-state index in [2.05, 4.69) is 0 Å². The van der Waals surface area contributed by atoms with Crippen molar-refractivity contribution in [2.45, 2.75) is 34.1 Å². The molecule has 0 radical (unpaired) electrons. The van der Waals surface area contributed by atoms with Crippen molar-refractivity contribution in [2.75, 3.05) is 19.7 Å². The lowest BCUT2D eigenvalue weighted by atomic mass is 9.76. The largest absolute Gasteiger partial charge is 0.466 e. The predicted octanol–water partition coefficient (Wildman–Crippen LogP) is 2.38. The third kappa shape index (κ3) is 2.64. The number of ether oxygens (including phenoxy) is 1. The normalized spacial score (nSPS) is 21.5. The second kappa shape index (κ2) is 6.15. The van der Waals surface area contributed by atoms with Crippen molar-refractivity contribution in [3.05, 3.63) is 23.5 Å². The number of hydrogen-bond acceptors (Lipinski definition) is 3. The summed E-state index contributed by atoms with van der Waals surface area (Å²) in [7, 11) is 1.89. The van der Waals surface area contributed by atoms with Crippen LogP contribution in [0.25, 0.3) is 0 Å². The van der Waals surface area contributed by atoms with Gasteiger partial charge in [-0.3, -0.25) is 9.59 Å². The molecule has 2 rings (SSSR count). The fourth-order valence-corrected chi connectivity index (χ4v) is 3.14. The molecule has 0 spiro atoms. The zero-order valence-electron chi connectivity index (χ0n) is 14.2. The number of esters is 1. The van der Waals surface area contributed by atoms with Crippen molar-refractivity contribution < 1.29 is 14.3 Å². The second-order valence-corrected chi connectivity index (χ2v) is 6.43. The molecule has 0 bridgehead atoms. The van der Waals surface area contributed by atoms with Gasteiger partial charge in [-0.2, -0.15) is 0 Å². The van der Waals surface area contributed by atoms with Crippen LogP contribution in [-0.2, 0) is 16.6 Å². The van der Waals surface area contributed by atoms with Crippen LogP contribution in [0.4, 0.5) is 0 Å². The number of likely N-dealkylation sites (tertiary alicyclic amines) is 1. The first-order valence-corrected chi connectivity index (χ1v) is 7.92. The molecule has 122 valence electrons. The molecule has 1 amide bonds. The van der Waals surface area contributed by atoms with Gasteiger partial charge in [0.05, 0.1) is 12.0 Å². The number of aryl methyl sites for hydroxylation is 1. The number of nitrogens with zero attached hydrogens (tertiary/aromatic N) is 2. The van der Waals surface area contributed by atoms with E-state index in [9.17, 15) is 9.59 Å². The van der Waals surface area contributed by atoms with Crippen LogP contribution >= 0.6 is 0 Å². The van der Waals surface area contributed by atoms with Gasteiger partial charge in [0.25, 0.3) is 5.91 Å². The van der Waals surface area contributed by atoms with Crippen LogP contribution in [0.2, 0.25) is 0 Å². The Bertz CT molecular complexity index is 576. The fourth-order valence-electron chi connectivity index (χ4n) is 3.14. The highest BCUT2D eigenvalue weighted by Crippen LogP contribution is 2.39. The smallest absolute Gasteiger partial charge is 0.314 e. The monoisotopic (exact) mass is 306 g/mol. The topological polar surface area (TPSA) is 51.5 Å². The zero-order valence-corrected chi connectivity index (χ0v) is 14.2. The quantitative estimate of drug-likeness (QED) is 0.803. The number of carbonyl (C=O) groups excluding carboxylic acids is 2. The van der Waals surface area contributed by atoms with Crippen LogP contribution in [0.3, 0.4) is 0 Å². The molecule has 1 aliphatic rings. The number of amides is 1. The zero-order chi connectivity index (χ0) is 16.5. The van der Waals surface area contributed by atoms with Crippen molar-refractivity contribution in [3.63, 3.8) is 0 Å². The van der Waals surface area contributed by atoms with E-state index in [4.69, 9.17) is 4.74 Å². The van der Waals surface area contributed by atoms with Gasteiger partial charge in [-0.1, -0.05) is 13.8 Å². The summed E-state index contributed by atoms with van der Waals surface area (Å²) < 4.78 is 7.16. The van der Waals surface area contributed by atoms with Gasteiger partial charge in [-0.15, -0.1) is 0 Å². The Kier molecular flexibility index (Phi) is 4.63. The van der Waals surface area contributed by atoms with E-state index in [1.165, 1.54) is 0 Å². The Hall–Kier alpha value is -1.78. The van der Waals surface area contributed by atoms with Gasteiger partial charge in [0.2, 0.25) is 0 Å². The number of carbonyl (C=O) groups is 2. The van der Waals surface area contributed by atoms with Gasteiger partial charge >= 0.3 is 5.97 Å². The highest BCUT2D eigenvalue weighted by Gasteiger charge is 2.49. The van der Waals surface area contributed by atoms with E-state index in [1.54, 1.807) is 4.90 Å². The van der Waals surface area contributed by atoms with Crippen LogP contribution in [-0.4, -0.2) is 41.0 Å².